The molecule has 160 valence electrons. The second kappa shape index (κ2) is 10.2. The quantitative estimate of drug-likeness (QED) is 0.542. The number of nitrogens with one attached hydrogen (secondary N) is 2. The molecule has 0 saturated carbocycles. The van der Waals surface area contributed by atoms with Gasteiger partial charge >= 0.3 is 0 Å². The van der Waals surface area contributed by atoms with Crippen LogP contribution in [0.3, 0.4) is 0 Å². The molecule has 0 unspecified atom stereocenters. The van der Waals surface area contributed by atoms with Crippen LogP contribution in [0.2, 0.25) is 0 Å². The van der Waals surface area contributed by atoms with E-state index in [1.807, 2.05) is 13.0 Å². The number of ether oxygens (including phenoxy) is 2. The van der Waals surface area contributed by atoms with Crippen molar-refractivity contribution in [3.8, 4) is 11.5 Å². The monoisotopic (exact) mass is 422 g/mol. The highest BCUT2D eigenvalue weighted by molar-refractivity contribution is 6.04. The van der Waals surface area contributed by atoms with Gasteiger partial charge in [-0.05, 0) is 74.5 Å². The van der Waals surface area contributed by atoms with Crippen LogP contribution in [-0.4, -0.2) is 24.5 Å². The Balaban J connectivity index is 1.58. The fourth-order valence-corrected chi connectivity index (χ4v) is 2.76. The molecular formula is C24H23FN2O4. The van der Waals surface area contributed by atoms with E-state index in [1.54, 1.807) is 49.4 Å². The zero-order valence-corrected chi connectivity index (χ0v) is 17.2. The molecule has 3 aromatic rings. The zero-order chi connectivity index (χ0) is 22.2. The lowest BCUT2D eigenvalue weighted by Crippen LogP contribution is -2.30. The summed E-state index contributed by atoms with van der Waals surface area (Å²) in [6.07, 6.45) is -0.770. The molecule has 6 nitrogen and oxygen atoms in total. The summed E-state index contributed by atoms with van der Waals surface area (Å²) in [6, 6.07) is 19.1. The topological polar surface area (TPSA) is 76.7 Å². The number of hydrogen-bond donors (Lipinski definition) is 2. The summed E-state index contributed by atoms with van der Waals surface area (Å²) in [5, 5.41) is 5.48. The summed E-state index contributed by atoms with van der Waals surface area (Å²) in [7, 11) is 0. The number of anilines is 2. The molecule has 0 radical (unpaired) electrons. The van der Waals surface area contributed by atoms with Crippen LogP contribution >= 0.6 is 0 Å². The van der Waals surface area contributed by atoms with E-state index in [-0.39, 0.29) is 17.6 Å². The Labute approximate surface area is 180 Å². The lowest BCUT2D eigenvalue weighted by atomic mass is 10.2. The molecule has 1 atom stereocenters. The number of hydrogen-bond acceptors (Lipinski definition) is 4. The van der Waals surface area contributed by atoms with E-state index in [0.29, 0.717) is 35.0 Å². The number of carbonyl (C=O) groups excluding carboxylic acids is 2. The first-order chi connectivity index (χ1) is 15.0. The third kappa shape index (κ3) is 6.05. The fourth-order valence-electron chi connectivity index (χ4n) is 2.76. The van der Waals surface area contributed by atoms with E-state index in [0.717, 1.165) is 0 Å². The van der Waals surface area contributed by atoms with E-state index in [4.69, 9.17) is 9.47 Å². The van der Waals surface area contributed by atoms with Crippen molar-refractivity contribution in [2.75, 3.05) is 17.2 Å². The van der Waals surface area contributed by atoms with Gasteiger partial charge in [-0.1, -0.05) is 12.1 Å². The molecule has 3 aromatic carbocycles. The second-order valence-corrected chi connectivity index (χ2v) is 6.66. The zero-order valence-electron chi connectivity index (χ0n) is 17.2. The highest BCUT2D eigenvalue weighted by atomic mass is 19.1. The highest BCUT2D eigenvalue weighted by Gasteiger charge is 2.17. The van der Waals surface area contributed by atoms with Gasteiger partial charge in [0, 0.05) is 11.3 Å². The molecule has 0 heterocycles. The average molecular weight is 422 g/mol. The summed E-state index contributed by atoms with van der Waals surface area (Å²) in [5.74, 6) is -0.0121. The number of carbonyl (C=O) groups is 2. The third-order valence-electron chi connectivity index (χ3n) is 4.35. The molecule has 0 fully saturated rings. The van der Waals surface area contributed by atoms with Crippen LogP contribution in [0.5, 0.6) is 11.5 Å². The van der Waals surface area contributed by atoms with E-state index >= 15 is 0 Å². The Morgan fingerprint density at radius 2 is 1.61 bits per heavy atom. The first kappa shape index (κ1) is 21.8. The van der Waals surface area contributed by atoms with Gasteiger partial charge < -0.3 is 20.1 Å². The largest absolute Gasteiger partial charge is 0.492 e. The molecule has 0 aliphatic rings. The summed E-state index contributed by atoms with van der Waals surface area (Å²) < 4.78 is 24.2. The maximum absolute atomic E-state index is 13.0. The van der Waals surface area contributed by atoms with Crippen molar-refractivity contribution in [2.45, 2.75) is 20.0 Å². The molecule has 0 bridgehead atoms. The number of halogens is 1. The van der Waals surface area contributed by atoms with Crippen molar-refractivity contribution in [1.29, 1.82) is 0 Å². The maximum atomic E-state index is 13.0. The van der Waals surface area contributed by atoms with Gasteiger partial charge in [0.05, 0.1) is 12.3 Å². The minimum Gasteiger partial charge on any atom is -0.492 e. The molecular weight excluding hydrogens is 399 g/mol. The maximum Gasteiger partial charge on any atom is 0.265 e. The van der Waals surface area contributed by atoms with Crippen LogP contribution in [0, 0.1) is 5.82 Å². The molecule has 0 aliphatic carbocycles. The molecule has 2 N–H and O–H groups in total. The molecule has 0 saturated heterocycles. The summed E-state index contributed by atoms with van der Waals surface area (Å²) >= 11 is 0. The molecule has 2 amide bonds. The van der Waals surface area contributed by atoms with Crippen molar-refractivity contribution < 1.29 is 23.5 Å². The molecule has 7 heteroatoms. The second-order valence-electron chi connectivity index (χ2n) is 6.66. The summed E-state index contributed by atoms with van der Waals surface area (Å²) in [6.45, 7) is 3.99. The van der Waals surface area contributed by atoms with Crippen molar-refractivity contribution in [2.24, 2.45) is 0 Å². The first-order valence-corrected chi connectivity index (χ1v) is 9.82. The summed E-state index contributed by atoms with van der Waals surface area (Å²) in [4.78, 5) is 24.8. The molecule has 0 aliphatic heterocycles. The van der Waals surface area contributed by atoms with E-state index in [9.17, 15) is 14.0 Å². The van der Waals surface area contributed by atoms with Crippen molar-refractivity contribution >= 4 is 23.2 Å². The van der Waals surface area contributed by atoms with Gasteiger partial charge in [0.15, 0.2) is 6.10 Å². The average Bonchev–Trinajstić information content (AvgIpc) is 2.77. The van der Waals surface area contributed by atoms with Gasteiger partial charge in [-0.15, -0.1) is 0 Å². The summed E-state index contributed by atoms with van der Waals surface area (Å²) in [5.41, 5.74) is 1.46. The van der Waals surface area contributed by atoms with Crippen LogP contribution < -0.4 is 20.1 Å². The SMILES string of the molecule is CCOc1ccccc1NC(=O)[C@@H](C)Oc1ccc(C(=O)Nc2ccc(F)cc2)cc1. The Kier molecular flexibility index (Phi) is 7.22. The third-order valence-corrected chi connectivity index (χ3v) is 4.35. The Morgan fingerprint density at radius 3 is 2.29 bits per heavy atom. The Bertz CT molecular complexity index is 1040. The normalized spacial score (nSPS) is 11.3. The number of amides is 2. The molecule has 3 rings (SSSR count). The molecule has 0 aromatic heterocycles. The minimum absolute atomic E-state index is 0.328. The van der Waals surface area contributed by atoms with E-state index in [2.05, 4.69) is 10.6 Å². The standard InChI is InChI=1S/C24H23FN2O4/c1-3-30-22-7-5-4-6-21(22)27-23(28)16(2)31-20-14-8-17(9-15-20)24(29)26-19-12-10-18(25)11-13-19/h4-16H,3H2,1-2H3,(H,26,29)(H,27,28)/t16-/m1/s1. The smallest absolute Gasteiger partial charge is 0.265 e. The Hall–Kier alpha value is -3.87. The van der Waals surface area contributed by atoms with Gasteiger partial charge in [-0.2, -0.15) is 0 Å². The van der Waals surface area contributed by atoms with Crippen LogP contribution in [0.25, 0.3) is 0 Å². The fraction of sp³-hybridized carbons (Fsp3) is 0.167. The number of para-hydroxylation sites is 2. The number of rotatable bonds is 8. The lowest BCUT2D eigenvalue weighted by Gasteiger charge is -2.16. The van der Waals surface area contributed by atoms with Crippen molar-refractivity contribution in [3.05, 3.63) is 84.2 Å². The van der Waals surface area contributed by atoms with Crippen LogP contribution in [-0.2, 0) is 4.79 Å². The van der Waals surface area contributed by atoms with Crippen LogP contribution in [0.4, 0.5) is 15.8 Å². The molecule has 0 spiro atoms. The Morgan fingerprint density at radius 1 is 0.935 bits per heavy atom. The van der Waals surface area contributed by atoms with Crippen molar-refractivity contribution in [3.63, 3.8) is 0 Å². The van der Waals surface area contributed by atoms with E-state index in [1.165, 1.54) is 24.3 Å². The predicted octanol–water partition coefficient (Wildman–Crippen LogP) is 4.88. The molecule has 31 heavy (non-hydrogen) atoms. The van der Waals surface area contributed by atoms with E-state index < -0.39 is 6.10 Å². The lowest BCUT2D eigenvalue weighted by molar-refractivity contribution is -0.122. The minimum atomic E-state index is -0.770. The number of benzene rings is 3. The van der Waals surface area contributed by atoms with Crippen LogP contribution in [0.15, 0.2) is 72.8 Å². The van der Waals surface area contributed by atoms with Gasteiger partial charge in [0.2, 0.25) is 0 Å². The van der Waals surface area contributed by atoms with Gasteiger partial charge in [-0.3, -0.25) is 9.59 Å². The van der Waals surface area contributed by atoms with Gasteiger partial charge in [0.25, 0.3) is 11.8 Å². The highest BCUT2D eigenvalue weighted by Crippen LogP contribution is 2.24. The van der Waals surface area contributed by atoms with Gasteiger partial charge in [0.1, 0.15) is 17.3 Å². The van der Waals surface area contributed by atoms with Crippen molar-refractivity contribution in [1.82, 2.24) is 0 Å². The van der Waals surface area contributed by atoms with Gasteiger partial charge in [-0.25, -0.2) is 4.39 Å². The first-order valence-electron chi connectivity index (χ1n) is 9.82. The predicted molar refractivity (Wildman–Crippen MR) is 117 cm³/mol. The van der Waals surface area contributed by atoms with Crippen LogP contribution in [0.1, 0.15) is 24.2 Å².